The zero-order valence-corrected chi connectivity index (χ0v) is 20.8. The monoisotopic (exact) mass is 546 g/mol. The minimum Gasteiger partial charge on any atom is -0.394 e. The van der Waals surface area contributed by atoms with Crippen LogP contribution in [-0.4, -0.2) is 68.7 Å². The summed E-state index contributed by atoms with van der Waals surface area (Å²) in [6.45, 7) is 2.26. The molecule has 3 aromatic rings. The van der Waals surface area contributed by atoms with Gasteiger partial charge in [0, 0.05) is 5.56 Å². The number of halogens is 1. The summed E-state index contributed by atoms with van der Waals surface area (Å²) in [6, 6.07) is 10.3. The lowest BCUT2D eigenvalue weighted by Crippen LogP contribution is -2.33. The first-order valence-electron chi connectivity index (χ1n) is 11.4. The van der Waals surface area contributed by atoms with Gasteiger partial charge in [0.1, 0.15) is 18.5 Å². The Bertz CT molecular complexity index is 1370. The van der Waals surface area contributed by atoms with E-state index in [1.54, 1.807) is 30.3 Å². The second-order valence-corrected chi connectivity index (χ2v) is 9.52. The average molecular weight is 546 g/mol. The first-order valence-corrected chi connectivity index (χ1v) is 12.9. The number of carbonyl (C=O) groups excluding carboxylic acids is 1. The number of amides is 1. The van der Waals surface area contributed by atoms with E-state index in [2.05, 4.69) is 26.8 Å². The van der Waals surface area contributed by atoms with Crippen LogP contribution in [0.3, 0.4) is 0 Å². The van der Waals surface area contributed by atoms with Gasteiger partial charge in [-0.3, -0.25) is 22.9 Å². The Labute approximate surface area is 216 Å². The third kappa shape index (κ3) is 5.94. The number of nitriles is 1. The number of alkyl halides is 1. The maximum Gasteiger partial charge on any atom is 0.475 e. The van der Waals surface area contributed by atoms with Crippen LogP contribution in [0.25, 0.3) is 11.2 Å². The molecule has 0 spiro atoms. The third-order valence-corrected chi connectivity index (χ3v) is 6.88. The number of phosphoric ester groups is 1. The summed E-state index contributed by atoms with van der Waals surface area (Å²) in [6.07, 6.45) is -2.63. The summed E-state index contributed by atoms with van der Waals surface area (Å²) in [5.41, 5.74) is 0.689. The molecule has 200 valence electrons. The molecule has 3 unspecified atom stereocenters. The van der Waals surface area contributed by atoms with Crippen molar-refractivity contribution < 1.29 is 37.2 Å². The highest BCUT2D eigenvalue weighted by Gasteiger charge is 2.51. The van der Waals surface area contributed by atoms with Crippen molar-refractivity contribution in [3.8, 4) is 6.07 Å². The molecule has 1 fully saturated rings. The molecule has 1 amide bonds. The zero-order valence-electron chi connectivity index (χ0n) is 19.9. The number of phosphoric acid groups is 1. The first-order chi connectivity index (χ1) is 18.4. The molecule has 0 radical (unpaired) electrons. The molecule has 0 saturated carbocycles. The Hall–Kier alpha value is -3.57. The summed E-state index contributed by atoms with van der Waals surface area (Å²) < 4.78 is 51.4. The van der Waals surface area contributed by atoms with Crippen LogP contribution >= 0.6 is 7.82 Å². The molecule has 2 aromatic heterocycles. The number of rotatable bonds is 12. The fourth-order valence-corrected chi connectivity index (χ4v) is 5.03. The van der Waals surface area contributed by atoms with Crippen molar-refractivity contribution in [1.82, 2.24) is 19.5 Å². The molecule has 1 aromatic carbocycles. The summed E-state index contributed by atoms with van der Waals surface area (Å²) in [4.78, 5) is 25.0. The number of fused-ring (bicyclic) bond motifs is 1. The van der Waals surface area contributed by atoms with E-state index < -0.39 is 44.9 Å². The second kappa shape index (κ2) is 12.3. The molecule has 3 heterocycles. The number of ether oxygens (including phenoxy) is 1. The standard InChI is InChI=1S/C23H24FN6O7P/c1-2-10-34-38(33,35-11-6-9-25)37-19-16(12-31)36-23(17(19)24)30-14-28-18-20(26-13-27-21(18)30)29-22(32)15-7-4-3-5-8-15/h2-5,7-8,13-14,16-17,19,23,31H,1,6,10-12H2,(H,26,27,29,32)/t16-,17?,19?,23-,38?/m1/s1. The number of benzene rings is 1. The van der Waals surface area contributed by atoms with Gasteiger partial charge in [0.05, 0.1) is 38.6 Å². The lowest BCUT2D eigenvalue weighted by molar-refractivity contribution is -0.0470. The number of hydrogen-bond acceptors (Lipinski definition) is 11. The van der Waals surface area contributed by atoms with Crippen LogP contribution in [0.1, 0.15) is 23.0 Å². The van der Waals surface area contributed by atoms with Crippen LogP contribution < -0.4 is 5.32 Å². The SMILES string of the molecule is C=CCOP(=O)(OCCC#N)OC1C(F)[C@H](n2cnc3c(NC(=O)c4ccccc4)ncnc32)O[C@@H]1CO. The van der Waals surface area contributed by atoms with Gasteiger partial charge in [-0.15, -0.1) is 6.58 Å². The zero-order chi connectivity index (χ0) is 27.1. The number of imidazole rings is 1. The molecular weight excluding hydrogens is 522 g/mol. The minimum absolute atomic E-state index is 0.0933. The van der Waals surface area contributed by atoms with Crippen molar-refractivity contribution in [2.45, 2.75) is 31.0 Å². The fourth-order valence-electron chi connectivity index (χ4n) is 3.68. The van der Waals surface area contributed by atoms with Gasteiger partial charge >= 0.3 is 7.82 Å². The van der Waals surface area contributed by atoms with Crippen molar-refractivity contribution in [2.75, 3.05) is 25.1 Å². The van der Waals surface area contributed by atoms with E-state index in [0.717, 1.165) is 0 Å². The molecule has 1 aliphatic heterocycles. The summed E-state index contributed by atoms with van der Waals surface area (Å²) in [5, 5.41) is 21.2. The molecule has 15 heteroatoms. The van der Waals surface area contributed by atoms with Crippen LogP contribution in [0.4, 0.5) is 10.2 Å². The number of hydrogen-bond donors (Lipinski definition) is 2. The Kier molecular flexibility index (Phi) is 8.90. The Morgan fingerprint density at radius 2 is 2.11 bits per heavy atom. The predicted octanol–water partition coefficient (Wildman–Crippen LogP) is 2.93. The van der Waals surface area contributed by atoms with E-state index in [4.69, 9.17) is 23.6 Å². The molecule has 4 rings (SSSR count). The van der Waals surface area contributed by atoms with Gasteiger partial charge in [-0.1, -0.05) is 24.3 Å². The summed E-state index contributed by atoms with van der Waals surface area (Å²) in [5.74, 6) is -0.336. The maximum absolute atomic E-state index is 15.7. The molecule has 38 heavy (non-hydrogen) atoms. The molecule has 5 atom stereocenters. The molecule has 13 nitrogen and oxygen atoms in total. The van der Waals surface area contributed by atoms with Crippen LogP contribution in [0.15, 0.2) is 55.6 Å². The third-order valence-electron chi connectivity index (χ3n) is 5.41. The molecule has 0 aliphatic carbocycles. The fraction of sp³-hybridized carbons (Fsp3) is 0.348. The largest absolute Gasteiger partial charge is 0.475 e. The van der Waals surface area contributed by atoms with E-state index in [1.807, 2.05) is 6.07 Å². The number of aliphatic hydroxyl groups is 1. The van der Waals surface area contributed by atoms with Crippen LogP contribution in [0, 0.1) is 11.3 Å². The van der Waals surface area contributed by atoms with E-state index in [-0.39, 0.29) is 36.6 Å². The van der Waals surface area contributed by atoms with Crippen molar-refractivity contribution in [2.24, 2.45) is 0 Å². The first kappa shape index (κ1) is 27.5. The lowest BCUT2D eigenvalue weighted by atomic mass is 10.1. The highest BCUT2D eigenvalue weighted by molar-refractivity contribution is 7.48. The van der Waals surface area contributed by atoms with E-state index in [9.17, 15) is 14.5 Å². The number of nitrogens with zero attached hydrogens (tertiary/aromatic N) is 5. The number of anilines is 1. The van der Waals surface area contributed by atoms with E-state index >= 15 is 4.39 Å². The molecule has 1 saturated heterocycles. The number of carbonyl (C=O) groups is 1. The van der Waals surface area contributed by atoms with Crippen molar-refractivity contribution in [1.29, 1.82) is 5.26 Å². The highest BCUT2D eigenvalue weighted by atomic mass is 31.2. The Morgan fingerprint density at radius 1 is 1.32 bits per heavy atom. The topological polar surface area (TPSA) is 171 Å². The van der Waals surface area contributed by atoms with Gasteiger partial charge in [0.15, 0.2) is 29.4 Å². The van der Waals surface area contributed by atoms with Gasteiger partial charge in [-0.25, -0.2) is 23.9 Å². The molecule has 1 aliphatic rings. The number of aliphatic hydroxyl groups excluding tert-OH is 1. The number of aromatic nitrogens is 4. The molecule has 0 bridgehead atoms. The van der Waals surface area contributed by atoms with Crippen LogP contribution in [-0.2, 0) is 22.9 Å². The van der Waals surface area contributed by atoms with Gasteiger partial charge < -0.3 is 15.2 Å². The summed E-state index contributed by atoms with van der Waals surface area (Å²) >= 11 is 0. The second-order valence-electron chi connectivity index (χ2n) is 7.90. The number of nitrogens with one attached hydrogen (secondary N) is 1. The quantitative estimate of drug-likeness (QED) is 0.194. The lowest BCUT2D eigenvalue weighted by Gasteiger charge is -2.24. The van der Waals surface area contributed by atoms with Crippen LogP contribution in [0.5, 0.6) is 0 Å². The van der Waals surface area contributed by atoms with Gasteiger partial charge in [-0.05, 0) is 12.1 Å². The van der Waals surface area contributed by atoms with Gasteiger partial charge in [0.2, 0.25) is 0 Å². The van der Waals surface area contributed by atoms with E-state index in [0.29, 0.717) is 5.56 Å². The van der Waals surface area contributed by atoms with Gasteiger partial charge in [0.25, 0.3) is 5.91 Å². The molecular formula is C23H24FN6O7P. The van der Waals surface area contributed by atoms with Crippen LogP contribution in [0.2, 0.25) is 0 Å². The Morgan fingerprint density at radius 3 is 2.82 bits per heavy atom. The van der Waals surface area contributed by atoms with E-state index in [1.165, 1.54) is 23.3 Å². The Balaban J connectivity index is 1.57. The smallest absolute Gasteiger partial charge is 0.394 e. The van der Waals surface area contributed by atoms with Gasteiger partial charge in [-0.2, -0.15) is 5.26 Å². The highest BCUT2D eigenvalue weighted by Crippen LogP contribution is 2.53. The van der Waals surface area contributed by atoms with Crippen molar-refractivity contribution in [3.05, 3.63) is 61.2 Å². The normalized spacial score (nSPS) is 22.6. The van der Waals surface area contributed by atoms with Crippen molar-refractivity contribution in [3.63, 3.8) is 0 Å². The molecule has 2 N–H and O–H groups in total. The van der Waals surface area contributed by atoms with Crippen molar-refractivity contribution >= 4 is 30.7 Å². The average Bonchev–Trinajstić information content (AvgIpc) is 3.49. The summed E-state index contributed by atoms with van der Waals surface area (Å²) in [7, 11) is -4.36. The maximum atomic E-state index is 15.7. The minimum atomic E-state index is -4.36. The predicted molar refractivity (Wildman–Crippen MR) is 130 cm³/mol.